The first-order valence-electron chi connectivity index (χ1n) is 6.78. The molecule has 1 aromatic rings. The van der Waals surface area contributed by atoms with Crippen LogP contribution in [0.2, 0.25) is 0 Å². The van der Waals surface area contributed by atoms with Crippen LogP contribution in [0.3, 0.4) is 0 Å². The first-order chi connectivity index (χ1) is 9.45. The van der Waals surface area contributed by atoms with Crippen molar-refractivity contribution >= 4 is 11.8 Å². The van der Waals surface area contributed by atoms with Crippen molar-refractivity contribution < 1.29 is 9.59 Å². The van der Waals surface area contributed by atoms with Gasteiger partial charge in [0, 0.05) is 38.2 Å². The molecule has 0 unspecified atom stereocenters. The Morgan fingerprint density at radius 2 is 1.85 bits per heavy atom. The van der Waals surface area contributed by atoms with Crippen LogP contribution in [-0.2, 0) is 11.3 Å². The molecule has 0 saturated heterocycles. The summed E-state index contributed by atoms with van der Waals surface area (Å²) < 4.78 is 0. The summed E-state index contributed by atoms with van der Waals surface area (Å²) in [7, 11) is 1.72. The van der Waals surface area contributed by atoms with Gasteiger partial charge in [0.25, 0.3) is 5.91 Å². The van der Waals surface area contributed by atoms with Gasteiger partial charge in [-0.2, -0.15) is 0 Å². The average Bonchev–Trinajstić information content (AvgIpc) is 2.46. The summed E-state index contributed by atoms with van der Waals surface area (Å²) in [4.78, 5) is 25.1. The molecular weight excluding hydrogens is 254 g/mol. The Labute approximate surface area is 120 Å². The van der Waals surface area contributed by atoms with Crippen LogP contribution in [0.5, 0.6) is 0 Å². The maximum absolute atomic E-state index is 12.1. The highest BCUT2D eigenvalue weighted by Crippen LogP contribution is 2.06. The lowest BCUT2D eigenvalue weighted by Crippen LogP contribution is -2.37. The first-order valence-corrected chi connectivity index (χ1v) is 6.78. The molecule has 0 atom stereocenters. The summed E-state index contributed by atoms with van der Waals surface area (Å²) in [5.74, 6) is -0.106. The van der Waals surface area contributed by atoms with Gasteiger partial charge in [0.15, 0.2) is 0 Å². The standard InChI is InChI=1S/C15H23N3O2/c1-11(2)14(19)17-8-9-18(3)15(20)13-6-4-12(10-16)5-7-13/h4-7,11H,8-10,16H2,1-3H3,(H,17,19). The lowest BCUT2D eigenvalue weighted by Gasteiger charge is -2.18. The van der Waals surface area contributed by atoms with Crippen molar-refractivity contribution in [2.75, 3.05) is 20.1 Å². The lowest BCUT2D eigenvalue weighted by atomic mass is 10.1. The van der Waals surface area contributed by atoms with Crippen LogP contribution in [0.15, 0.2) is 24.3 Å². The fourth-order valence-corrected chi connectivity index (χ4v) is 1.66. The maximum atomic E-state index is 12.1. The van der Waals surface area contributed by atoms with E-state index in [9.17, 15) is 9.59 Å². The monoisotopic (exact) mass is 277 g/mol. The molecular formula is C15H23N3O2. The zero-order valence-corrected chi connectivity index (χ0v) is 12.3. The van der Waals surface area contributed by atoms with Crippen molar-refractivity contribution in [1.29, 1.82) is 0 Å². The Kier molecular flexibility index (Phi) is 6.18. The molecule has 0 saturated carbocycles. The van der Waals surface area contributed by atoms with E-state index in [0.29, 0.717) is 25.2 Å². The van der Waals surface area contributed by atoms with Crippen LogP contribution in [-0.4, -0.2) is 36.9 Å². The van der Waals surface area contributed by atoms with Gasteiger partial charge in [-0.3, -0.25) is 9.59 Å². The van der Waals surface area contributed by atoms with Gasteiger partial charge < -0.3 is 16.0 Å². The summed E-state index contributed by atoms with van der Waals surface area (Å²) in [5, 5.41) is 2.79. The fourth-order valence-electron chi connectivity index (χ4n) is 1.66. The minimum Gasteiger partial charge on any atom is -0.354 e. The number of likely N-dealkylation sites (N-methyl/N-ethyl adjacent to an activating group) is 1. The third kappa shape index (κ3) is 4.66. The summed E-state index contributed by atoms with van der Waals surface area (Å²) in [5.41, 5.74) is 7.14. The van der Waals surface area contributed by atoms with Crippen molar-refractivity contribution in [1.82, 2.24) is 10.2 Å². The number of nitrogens with one attached hydrogen (secondary N) is 1. The summed E-state index contributed by atoms with van der Waals surface area (Å²) >= 11 is 0. The van der Waals surface area contributed by atoms with Gasteiger partial charge in [-0.15, -0.1) is 0 Å². The van der Waals surface area contributed by atoms with Crippen LogP contribution in [0.4, 0.5) is 0 Å². The average molecular weight is 277 g/mol. The molecule has 0 fully saturated rings. The van der Waals surface area contributed by atoms with E-state index < -0.39 is 0 Å². The smallest absolute Gasteiger partial charge is 0.253 e. The molecule has 0 radical (unpaired) electrons. The molecule has 3 N–H and O–H groups in total. The minimum atomic E-state index is -0.0626. The van der Waals surface area contributed by atoms with Crippen molar-refractivity contribution in [2.24, 2.45) is 11.7 Å². The second-order valence-electron chi connectivity index (χ2n) is 5.07. The number of rotatable bonds is 6. The minimum absolute atomic E-state index is 0.00172. The van der Waals surface area contributed by atoms with E-state index in [1.54, 1.807) is 24.1 Å². The molecule has 0 aliphatic carbocycles. The van der Waals surface area contributed by atoms with Crippen LogP contribution >= 0.6 is 0 Å². The number of benzene rings is 1. The predicted octanol–water partition coefficient (Wildman–Crippen LogP) is 0.989. The van der Waals surface area contributed by atoms with Gasteiger partial charge in [0.1, 0.15) is 0 Å². The van der Waals surface area contributed by atoms with Crippen molar-refractivity contribution in [3.05, 3.63) is 35.4 Å². The highest BCUT2D eigenvalue weighted by Gasteiger charge is 2.12. The van der Waals surface area contributed by atoms with Crippen LogP contribution in [0.1, 0.15) is 29.8 Å². The van der Waals surface area contributed by atoms with E-state index in [4.69, 9.17) is 5.73 Å². The molecule has 2 amide bonds. The van der Waals surface area contributed by atoms with Gasteiger partial charge in [-0.1, -0.05) is 26.0 Å². The van der Waals surface area contributed by atoms with E-state index in [0.717, 1.165) is 5.56 Å². The van der Waals surface area contributed by atoms with E-state index in [2.05, 4.69) is 5.32 Å². The molecule has 0 aliphatic heterocycles. The SMILES string of the molecule is CC(C)C(=O)NCCN(C)C(=O)c1ccc(CN)cc1. The van der Waals surface area contributed by atoms with Crippen LogP contribution < -0.4 is 11.1 Å². The van der Waals surface area contributed by atoms with Crippen LogP contribution in [0, 0.1) is 5.92 Å². The first kappa shape index (κ1) is 16.2. The van der Waals surface area contributed by atoms with Crippen molar-refractivity contribution in [3.63, 3.8) is 0 Å². The Morgan fingerprint density at radius 3 is 2.35 bits per heavy atom. The predicted molar refractivity (Wildman–Crippen MR) is 79.1 cm³/mol. The number of hydrogen-bond donors (Lipinski definition) is 2. The zero-order valence-electron chi connectivity index (χ0n) is 12.3. The molecule has 0 heterocycles. The Hall–Kier alpha value is -1.88. The summed E-state index contributed by atoms with van der Waals surface area (Å²) in [6.07, 6.45) is 0. The third-order valence-electron chi connectivity index (χ3n) is 3.05. The van der Waals surface area contributed by atoms with E-state index >= 15 is 0 Å². The fraction of sp³-hybridized carbons (Fsp3) is 0.467. The number of hydrogen-bond acceptors (Lipinski definition) is 3. The normalized spacial score (nSPS) is 10.4. The molecule has 0 bridgehead atoms. The third-order valence-corrected chi connectivity index (χ3v) is 3.05. The lowest BCUT2D eigenvalue weighted by molar-refractivity contribution is -0.124. The molecule has 20 heavy (non-hydrogen) atoms. The van der Waals surface area contributed by atoms with Gasteiger partial charge in [-0.05, 0) is 17.7 Å². The molecule has 110 valence electrons. The van der Waals surface area contributed by atoms with Gasteiger partial charge >= 0.3 is 0 Å². The highest BCUT2D eigenvalue weighted by molar-refractivity contribution is 5.94. The number of carbonyl (C=O) groups is 2. The molecule has 0 spiro atoms. The Bertz CT molecular complexity index is 455. The van der Waals surface area contributed by atoms with Gasteiger partial charge in [-0.25, -0.2) is 0 Å². The van der Waals surface area contributed by atoms with Crippen molar-refractivity contribution in [2.45, 2.75) is 20.4 Å². The molecule has 5 heteroatoms. The number of nitrogens with two attached hydrogens (primary N) is 1. The summed E-state index contributed by atoms with van der Waals surface area (Å²) in [6, 6.07) is 7.24. The zero-order chi connectivity index (χ0) is 15.1. The maximum Gasteiger partial charge on any atom is 0.253 e. The van der Waals surface area contributed by atoms with Gasteiger partial charge in [0.2, 0.25) is 5.91 Å². The van der Waals surface area contributed by atoms with E-state index in [1.165, 1.54) is 0 Å². The van der Waals surface area contributed by atoms with E-state index in [1.807, 2.05) is 26.0 Å². The summed E-state index contributed by atoms with van der Waals surface area (Å²) in [6.45, 7) is 5.08. The van der Waals surface area contributed by atoms with Gasteiger partial charge in [0.05, 0.1) is 0 Å². The van der Waals surface area contributed by atoms with Crippen molar-refractivity contribution in [3.8, 4) is 0 Å². The Balaban J connectivity index is 2.47. The highest BCUT2D eigenvalue weighted by atomic mass is 16.2. The molecule has 0 aliphatic rings. The number of amides is 2. The largest absolute Gasteiger partial charge is 0.354 e. The molecule has 1 rings (SSSR count). The quantitative estimate of drug-likeness (QED) is 0.814. The number of carbonyl (C=O) groups excluding carboxylic acids is 2. The Morgan fingerprint density at radius 1 is 1.25 bits per heavy atom. The molecule has 5 nitrogen and oxygen atoms in total. The topological polar surface area (TPSA) is 75.4 Å². The molecule has 0 aromatic heterocycles. The second kappa shape index (κ2) is 7.65. The molecule has 1 aromatic carbocycles. The van der Waals surface area contributed by atoms with E-state index in [-0.39, 0.29) is 17.7 Å². The number of nitrogens with zero attached hydrogens (tertiary/aromatic N) is 1. The van der Waals surface area contributed by atoms with Crippen LogP contribution in [0.25, 0.3) is 0 Å². The second-order valence-corrected chi connectivity index (χ2v) is 5.07.